The van der Waals surface area contributed by atoms with Crippen molar-refractivity contribution in [2.75, 3.05) is 6.54 Å². The minimum Gasteiger partial charge on any atom is -0.507 e. The van der Waals surface area contributed by atoms with Gasteiger partial charge in [-0.15, -0.1) is 11.3 Å². The second-order valence-corrected chi connectivity index (χ2v) is 6.06. The van der Waals surface area contributed by atoms with Crippen molar-refractivity contribution in [1.82, 2.24) is 5.32 Å². The lowest BCUT2D eigenvalue weighted by Gasteiger charge is -2.06. The van der Waals surface area contributed by atoms with Crippen LogP contribution in [0.5, 0.6) is 5.75 Å². The van der Waals surface area contributed by atoms with Crippen molar-refractivity contribution in [3.05, 3.63) is 50.1 Å². The van der Waals surface area contributed by atoms with Crippen LogP contribution in [0.2, 0.25) is 0 Å². The summed E-state index contributed by atoms with van der Waals surface area (Å²) in [4.78, 5) is 13.0. The maximum Gasteiger partial charge on any atom is 0.255 e. The van der Waals surface area contributed by atoms with Crippen LogP contribution in [0.25, 0.3) is 0 Å². The molecule has 0 atom stereocenters. The van der Waals surface area contributed by atoms with E-state index in [0.717, 1.165) is 14.9 Å². The average molecular weight is 365 g/mol. The second kappa shape index (κ2) is 7.27. The van der Waals surface area contributed by atoms with Gasteiger partial charge in [0.25, 0.3) is 5.91 Å². The van der Waals surface area contributed by atoms with Gasteiger partial charge in [0.2, 0.25) is 0 Å². The molecule has 1 heterocycles. The maximum atomic E-state index is 12.0. The van der Waals surface area contributed by atoms with Gasteiger partial charge in [-0.05, 0) is 24.3 Å². The van der Waals surface area contributed by atoms with E-state index in [0.29, 0.717) is 13.1 Å². The van der Waals surface area contributed by atoms with E-state index in [9.17, 15) is 9.90 Å². The highest BCUT2D eigenvalue weighted by atomic mass is 79.9. The number of aromatic hydroxyl groups is 1. The third kappa shape index (κ3) is 4.33. The van der Waals surface area contributed by atoms with Crippen molar-refractivity contribution >= 4 is 33.2 Å². The Bertz CT molecular complexity index is 716. The lowest BCUT2D eigenvalue weighted by molar-refractivity contribution is 0.0948. The average Bonchev–Trinajstić information content (AvgIpc) is 2.90. The monoisotopic (exact) mass is 364 g/mol. The topological polar surface area (TPSA) is 75.3 Å². The van der Waals surface area contributed by atoms with Crippen LogP contribution >= 0.6 is 27.3 Å². The molecule has 0 bridgehead atoms. The molecule has 6 heteroatoms. The Morgan fingerprint density at radius 1 is 1.43 bits per heavy atom. The molecule has 2 aromatic rings. The van der Waals surface area contributed by atoms with Gasteiger partial charge < -0.3 is 16.2 Å². The summed E-state index contributed by atoms with van der Waals surface area (Å²) in [7, 11) is 0. The molecule has 1 aromatic heterocycles. The third-order valence-electron chi connectivity index (χ3n) is 2.62. The van der Waals surface area contributed by atoms with Gasteiger partial charge in [0.1, 0.15) is 5.75 Å². The fourth-order valence-electron chi connectivity index (χ4n) is 1.65. The lowest BCUT2D eigenvalue weighted by Crippen LogP contribution is -2.22. The number of benzene rings is 1. The first-order chi connectivity index (χ1) is 10.1. The molecule has 2 rings (SSSR count). The van der Waals surface area contributed by atoms with Gasteiger partial charge in [0.05, 0.1) is 18.7 Å². The van der Waals surface area contributed by atoms with E-state index in [4.69, 9.17) is 5.73 Å². The van der Waals surface area contributed by atoms with Crippen LogP contribution in [0.1, 0.15) is 20.8 Å². The van der Waals surface area contributed by atoms with Gasteiger partial charge in [-0.3, -0.25) is 4.79 Å². The lowest BCUT2D eigenvalue weighted by atomic mass is 10.2. The normalized spacial score (nSPS) is 9.81. The Labute approximate surface area is 135 Å². The molecule has 0 aliphatic heterocycles. The van der Waals surface area contributed by atoms with E-state index < -0.39 is 0 Å². The quantitative estimate of drug-likeness (QED) is 0.732. The van der Waals surface area contributed by atoms with Crippen LogP contribution < -0.4 is 11.1 Å². The highest BCUT2D eigenvalue weighted by molar-refractivity contribution is 9.10. The summed E-state index contributed by atoms with van der Waals surface area (Å²) < 4.78 is 0.720. The number of nitrogens with two attached hydrogens (primary N) is 1. The van der Waals surface area contributed by atoms with E-state index in [1.54, 1.807) is 12.1 Å². The summed E-state index contributed by atoms with van der Waals surface area (Å²) in [6.45, 7) is 0.716. The van der Waals surface area contributed by atoms with Gasteiger partial charge >= 0.3 is 0 Å². The Kier molecular flexibility index (Phi) is 5.39. The molecule has 4 nitrogen and oxygen atoms in total. The molecule has 0 fully saturated rings. The molecule has 4 N–H and O–H groups in total. The minimum atomic E-state index is -0.317. The summed E-state index contributed by atoms with van der Waals surface area (Å²) in [5, 5.41) is 14.4. The molecule has 0 aliphatic rings. The third-order valence-corrected chi connectivity index (χ3v) is 4.05. The van der Waals surface area contributed by atoms with Crippen molar-refractivity contribution in [3.8, 4) is 17.6 Å². The first-order valence-electron chi connectivity index (χ1n) is 6.13. The highest BCUT2D eigenvalue weighted by Gasteiger charge is 2.11. The van der Waals surface area contributed by atoms with Crippen molar-refractivity contribution in [3.63, 3.8) is 0 Å². The smallest absolute Gasteiger partial charge is 0.255 e. The van der Waals surface area contributed by atoms with Gasteiger partial charge in [-0.2, -0.15) is 0 Å². The molecule has 0 radical (unpaired) electrons. The molecular formula is C15H13BrN2O2S. The molecule has 21 heavy (non-hydrogen) atoms. The van der Waals surface area contributed by atoms with E-state index >= 15 is 0 Å². The van der Waals surface area contributed by atoms with Crippen LogP contribution in [0.3, 0.4) is 0 Å². The fraction of sp³-hybridized carbons (Fsp3) is 0.133. The Balaban J connectivity index is 1.99. The largest absolute Gasteiger partial charge is 0.507 e. The maximum absolute atomic E-state index is 12.0. The van der Waals surface area contributed by atoms with E-state index in [1.165, 1.54) is 17.4 Å². The number of phenolic OH excluding ortho intramolecular Hbond substituents is 1. The first-order valence-corrected chi connectivity index (χ1v) is 7.80. The molecule has 1 amide bonds. The molecule has 1 aromatic carbocycles. The predicted molar refractivity (Wildman–Crippen MR) is 87.2 cm³/mol. The fourth-order valence-corrected chi connectivity index (χ4v) is 2.76. The zero-order valence-corrected chi connectivity index (χ0v) is 13.4. The van der Waals surface area contributed by atoms with E-state index in [-0.39, 0.29) is 17.2 Å². The Morgan fingerprint density at radius 2 is 2.24 bits per heavy atom. The molecule has 0 saturated carbocycles. The van der Waals surface area contributed by atoms with Crippen LogP contribution in [0, 0.1) is 11.8 Å². The van der Waals surface area contributed by atoms with Crippen LogP contribution in [-0.2, 0) is 6.54 Å². The molecule has 0 unspecified atom stereocenters. The summed E-state index contributed by atoms with van der Waals surface area (Å²) in [5.41, 5.74) is 6.45. The summed E-state index contributed by atoms with van der Waals surface area (Å²) in [6, 6.07) is 6.68. The second-order valence-electron chi connectivity index (χ2n) is 4.15. The number of carbonyl (C=O) groups is 1. The number of rotatable bonds is 3. The number of halogens is 1. The first kappa shape index (κ1) is 15.6. The summed E-state index contributed by atoms with van der Waals surface area (Å²) >= 11 is 4.75. The molecule has 108 valence electrons. The van der Waals surface area contributed by atoms with E-state index in [2.05, 4.69) is 33.1 Å². The van der Waals surface area contributed by atoms with Gasteiger partial charge in [0.15, 0.2) is 0 Å². The van der Waals surface area contributed by atoms with Crippen molar-refractivity contribution in [2.24, 2.45) is 5.73 Å². The zero-order chi connectivity index (χ0) is 15.2. The van der Waals surface area contributed by atoms with Crippen LogP contribution in [-0.4, -0.2) is 17.6 Å². The molecule has 0 spiro atoms. The van der Waals surface area contributed by atoms with Crippen LogP contribution in [0.4, 0.5) is 0 Å². The number of carbonyl (C=O) groups excluding carboxylic acids is 1. The van der Waals surface area contributed by atoms with Gasteiger partial charge in [0, 0.05) is 20.3 Å². The minimum absolute atomic E-state index is 0.0532. The Hall–Kier alpha value is -1.81. The van der Waals surface area contributed by atoms with Crippen molar-refractivity contribution < 1.29 is 9.90 Å². The SMILES string of the molecule is NCC#Cc1csc(CNC(=O)c2ccc(Br)cc2O)c1. The van der Waals surface area contributed by atoms with Crippen molar-refractivity contribution in [1.29, 1.82) is 0 Å². The van der Waals surface area contributed by atoms with Crippen LogP contribution in [0.15, 0.2) is 34.1 Å². The molecule has 0 aliphatic carbocycles. The number of amides is 1. The van der Waals surface area contributed by atoms with Crippen molar-refractivity contribution in [2.45, 2.75) is 6.54 Å². The summed E-state index contributed by atoms with van der Waals surface area (Å²) in [6.07, 6.45) is 0. The zero-order valence-electron chi connectivity index (χ0n) is 11.0. The number of hydrogen-bond acceptors (Lipinski definition) is 4. The van der Waals surface area contributed by atoms with E-state index in [1.807, 2.05) is 11.4 Å². The Morgan fingerprint density at radius 3 is 2.95 bits per heavy atom. The summed E-state index contributed by atoms with van der Waals surface area (Å²) in [5.74, 6) is 5.35. The van der Waals surface area contributed by atoms with Gasteiger partial charge in [-0.1, -0.05) is 27.8 Å². The molecule has 0 saturated heterocycles. The number of hydrogen-bond donors (Lipinski definition) is 3. The number of nitrogens with one attached hydrogen (secondary N) is 1. The predicted octanol–water partition coefficient (Wildman–Crippen LogP) is 2.46. The standard InChI is InChI=1S/C15H13BrN2O2S/c16-11-3-4-13(14(19)7-11)15(20)18-8-12-6-10(9-21-12)2-1-5-17/h3-4,6-7,9,19H,5,8,17H2,(H,18,20). The van der Waals surface area contributed by atoms with Gasteiger partial charge in [-0.25, -0.2) is 0 Å². The highest BCUT2D eigenvalue weighted by Crippen LogP contribution is 2.22. The molecular weight excluding hydrogens is 352 g/mol. The number of thiophene rings is 1. The number of phenols is 1.